The second-order valence-corrected chi connectivity index (χ2v) is 2.97. The first-order valence-electron chi connectivity index (χ1n) is 3.55. The third kappa shape index (κ3) is 10.4. The Morgan fingerprint density at radius 2 is 1.36 bits per heavy atom. The lowest BCUT2D eigenvalue weighted by molar-refractivity contribution is 0.110. The fourth-order valence-electron chi connectivity index (χ4n) is 0.461. The summed E-state index contributed by atoms with van der Waals surface area (Å²) < 4.78 is 19.9. The Balaban J connectivity index is 0. The van der Waals surface area contributed by atoms with E-state index >= 15 is 0 Å². The minimum atomic E-state index is -0.789. The van der Waals surface area contributed by atoms with E-state index in [2.05, 4.69) is 0 Å². The maximum atomic E-state index is 5.16. The molecule has 5 heteroatoms. The molecule has 0 heterocycles. The van der Waals surface area contributed by atoms with Crippen molar-refractivity contribution in [3.8, 4) is 0 Å². The molecule has 0 saturated carbocycles. The third-order valence-corrected chi connectivity index (χ3v) is 1.94. The lowest BCUT2D eigenvalue weighted by Crippen LogP contribution is -2.12. The van der Waals surface area contributed by atoms with Gasteiger partial charge in [0.2, 0.25) is 0 Å². The predicted molar refractivity (Wildman–Crippen MR) is 44.9 cm³/mol. The highest BCUT2D eigenvalue weighted by Crippen LogP contribution is 1.76. The van der Waals surface area contributed by atoms with Gasteiger partial charge in [0.05, 0.1) is 13.2 Å². The number of ether oxygens (including phenoxy) is 2. The van der Waals surface area contributed by atoms with Crippen LogP contribution in [0.5, 0.6) is 0 Å². The van der Waals surface area contributed by atoms with Crippen LogP contribution in [0.2, 0.25) is 0 Å². The summed E-state index contributed by atoms with van der Waals surface area (Å²) in [7, 11) is 3.30. The van der Waals surface area contributed by atoms with E-state index in [-0.39, 0.29) is 1.43 Å². The molecule has 0 rings (SSSR count). The highest BCUT2D eigenvalue weighted by Gasteiger charge is 1.95. The molecule has 11 heavy (non-hydrogen) atoms. The van der Waals surface area contributed by atoms with Crippen molar-refractivity contribution in [2.75, 3.05) is 40.6 Å². The van der Waals surface area contributed by atoms with Crippen molar-refractivity contribution in [2.45, 2.75) is 0 Å². The third-order valence-electron chi connectivity index (χ3n) is 1.03. The molecule has 0 spiro atoms. The first kappa shape index (κ1) is 11.4. The van der Waals surface area contributed by atoms with E-state index < -0.39 is 15.9 Å². The first-order valence-corrected chi connectivity index (χ1v) is 4.70. The van der Waals surface area contributed by atoms with E-state index in [1.165, 1.54) is 0 Å². The molecule has 0 bridgehead atoms. The maximum absolute atomic E-state index is 5.16. The van der Waals surface area contributed by atoms with Crippen molar-refractivity contribution in [1.82, 2.24) is 0 Å². The van der Waals surface area contributed by atoms with Crippen LogP contribution in [-0.4, -0.2) is 56.5 Å². The van der Waals surface area contributed by atoms with Crippen molar-refractivity contribution in [3.63, 3.8) is 0 Å². The van der Waals surface area contributed by atoms with E-state index in [9.17, 15) is 0 Å². The molecule has 0 unspecified atom stereocenters. The molecule has 0 fully saturated rings. The van der Waals surface area contributed by atoms with E-state index in [4.69, 9.17) is 17.1 Å². The van der Waals surface area contributed by atoms with Crippen LogP contribution in [0.15, 0.2) is 0 Å². The monoisotopic (exact) mass is 180 g/mol. The predicted octanol–water partition coefficient (Wildman–Crippen LogP) is -0.175. The first-order chi connectivity index (χ1) is 5.41. The van der Waals surface area contributed by atoms with E-state index in [0.717, 1.165) is 0 Å². The zero-order chi connectivity index (χ0) is 8.36. The van der Waals surface area contributed by atoms with Crippen LogP contribution in [0.3, 0.4) is 0 Å². The Bertz CT molecular complexity index is 68.6. The Hall–Kier alpha value is 0.372. The average Bonchev–Trinajstić information content (AvgIpc) is 2.03. The molecule has 0 aliphatic heterocycles. The van der Waals surface area contributed by atoms with Crippen LogP contribution < -0.4 is 0 Å². The van der Waals surface area contributed by atoms with Gasteiger partial charge >= 0.3 is 15.9 Å². The molecular formula is C6H17AlO4. The quantitative estimate of drug-likeness (QED) is 0.383. The molecule has 0 N–H and O–H groups in total. The molecule has 0 aliphatic carbocycles. The molecule has 68 valence electrons. The van der Waals surface area contributed by atoms with Crippen molar-refractivity contribution >= 4 is 15.9 Å². The second-order valence-electron chi connectivity index (χ2n) is 1.92. The molecule has 0 aromatic carbocycles. The van der Waals surface area contributed by atoms with Crippen LogP contribution >= 0.6 is 0 Å². The van der Waals surface area contributed by atoms with Crippen LogP contribution in [0.4, 0.5) is 0 Å². The van der Waals surface area contributed by atoms with Crippen molar-refractivity contribution in [2.24, 2.45) is 0 Å². The number of hydrogen-bond donors (Lipinski definition) is 0. The topological polar surface area (TPSA) is 36.9 Å². The molecular weight excluding hydrogens is 163 g/mol. The normalized spacial score (nSPS) is 10.0. The molecule has 0 aromatic rings. The summed E-state index contributed by atoms with van der Waals surface area (Å²) in [6.45, 7) is 2.55. The minimum Gasteiger partial charge on any atom is -0.479 e. The zero-order valence-electron chi connectivity index (χ0n) is 7.17. The molecule has 0 atom stereocenters. The largest absolute Gasteiger partial charge is 0.649 e. The fourth-order valence-corrected chi connectivity index (χ4v) is 1.05. The van der Waals surface area contributed by atoms with Gasteiger partial charge in [0.25, 0.3) is 0 Å². The van der Waals surface area contributed by atoms with Crippen molar-refractivity contribution in [3.05, 3.63) is 0 Å². The van der Waals surface area contributed by atoms with Gasteiger partial charge in [-0.25, -0.2) is 0 Å². The van der Waals surface area contributed by atoms with Gasteiger partial charge in [0.15, 0.2) is 0 Å². The summed E-state index contributed by atoms with van der Waals surface area (Å²) in [6, 6.07) is 0. The summed E-state index contributed by atoms with van der Waals surface area (Å²) in [5, 5.41) is 0. The van der Waals surface area contributed by atoms with Gasteiger partial charge in [-0.05, 0) is 0 Å². The number of hydrogen-bond acceptors (Lipinski definition) is 4. The van der Waals surface area contributed by atoms with Gasteiger partial charge in [-0.2, -0.15) is 0 Å². The molecule has 0 aliphatic rings. The zero-order valence-corrected chi connectivity index (χ0v) is 8.58. The Kier molecular flexibility index (Phi) is 10.7. The minimum absolute atomic E-state index is 0. The maximum Gasteiger partial charge on any atom is 0.649 e. The van der Waals surface area contributed by atoms with Gasteiger partial charge < -0.3 is 17.1 Å². The highest BCUT2D eigenvalue weighted by atomic mass is 27.2. The van der Waals surface area contributed by atoms with Crippen molar-refractivity contribution in [1.29, 1.82) is 0 Å². The van der Waals surface area contributed by atoms with Crippen LogP contribution in [0, 0.1) is 0 Å². The number of rotatable bonds is 8. The summed E-state index contributed by atoms with van der Waals surface area (Å²) in [5.74, 6) is 0. The standard InChI is InChI=1S/2C3H7O2.Al.H2.H/c2*1-5-3-2-4;;;/h2*2-3H2,1H3;;1H;/q2*-1;+2;;. The van der Waals surface area contributed by atoms with Crippen LogP contribution in [-0.2, 0) is 17.1 Å². The van der Waals surface area contributed by atoms with E-state index in [1.807, 2.05) is 0 Å². The molecule has 0 aromatic heterocycles. The fraction of sp³-hybridized carbons (Fsp3) is 1.00. The molecule has 0 radical (unpaired) electrons. The SMILES string of the molecule is COCC[O][AlH][O]CCOC.[HH]. The molecule has 4 nitrogen and oxygen atoms in total. The molecule has 0 saturated heterocycles. The lowest BCUT2D eigenvalue weighted by atomic mass is 10.8. The Labute approximate surface area is 75.6 Å². The van der Waals surface area contributed by atoms with Crippen molar-refractivity contribution < 1.29 is 18.5 Å². The Morgan fingerprint density at radius 3 is 1.73 bits per heavy atom. The van der Waals surface area contributed by atoms with Crippen LogP contribution in [0.1, 0.15) is 1.43 Å². The van der Waals surface area contributed by atoms with Gasteiger partial charge in [0.1, 0.15) is 0 Å². The van der Waals surface area contributed by atoms with E-state index in [0.29, 0.717) is 26.4 Å². The summed E-state index contributed by atoms with van der Waals surface area (Å²) >= 11 is -0.789. The molecule has 0 amide bonds. The van der Waals surface area contributed by atoms with Gasteiger partial charge in [-0.1, -0.05) is 0 Å². The second kappa shape index (κ2) is 10.4. The number of methoxy groups -OCH3 is 2. The highest BCUT2D eigenvalue weighted by molar-refractivity contribution is 6.17. The van der Waals surface area contributed by atoms with Gasteiger partial charge in [-0.3, -0.25) is 0 Å². The average molecular weight is 180 g/mol. The van der Waals surface area contributed by atoms with Gasteiger partial charge in [0, 0.05) is 28.9 Å². The Morgan fingerprint density at radius 1 is 0.909 bits per heavy atom. The summed E-state index contributed by atoms with van der Waals surface area (Å²) in [6.07, 6.45) is 0. The lowest BCUT2D eigenvalue weighted by Gasteiger charge is -2.02. The summed E-state index contributed by atoms with van der Waals surface area (Å²) in [5.41, 5.74) is 0. The van der Waals surface area contributed by atoms with Gasteiger partial charge in [-0.15, -0.1) is 0 Å². The smallest absolute Gasteiger partial charge is 0.479 e. The van der Waals surface area contributed by atoms with Crippen LogP contribution in [0.25, 0.3) is 0 Å². The summed E-state index contributed by atoms with van der Waals surface area (Å²) in [4.78, 5) is 0. The van der Waals surface area contributed by atoms with E-state index in [1.54, 1.807) is 14.2 Å².